The Bertz CT molecular complexity index is 2370. The molecule has 5 N–H and O–H groups in total. The molecule has 0 spiro atoms. The molecular formula is C48H69N14NaO16. The number of carbonyl (C=O) groups excluding carboxylic acids is 4. The van der Waals surface area contributed by atoms with Crippen molar-refractivity contribution in [2.45, 2.75) is 190 Å². The number of alkyl carbamates (subject to hydrolysis) is 2. The van der Waals surface area contributed by atoms with Crippen molar-refractivity contribution in [2.75, 3.05) is 14.2 Å². The summed E-state index contributed by atoms with van der Waals surface area (Å²) in [6.45, 7) is 6.18. The molecule has 2 saturated heterocycles. The smallest absolute Gasteiger partial charge is 0.857 e. The summed E-state index contributed by atoms with van der Waals surface area (Å²) in [5.41, 5.74) is 37.5. The van der Waals surface area contributed by atoms with Gasteiger partial charge < -0.3 is 69.0 Å². The van der Waals surface area contributed by atoms with Crippen LogP contribution in [-0.2, 0) is 60.7 Å². The molecule has 0 bridgehead atoms. The predicted octanol–water partition coefficient (Wildman–Crippen LogP) is 2.86. The molecule has 0 radical (unpaired) electrons. The average molecular weight is 1120 g/mol. The third-order valence-electron chi connectivity index (χ3n) is 12.6. The molecule has 2 aliphatic heterocycles. The first kappa shape index (κ1) is 68.9. The Morgan fingerprint density at radius 1 is 0.595 bits per heavy atom. The molecule has 2 saturated carbocycles. The number of ether oxygens (including phenoxy) is 8. The van der Waals surface area contributed by atoms with Crippen LogP contribution in [0.25, 0.3) is 41.8 Å². The minimum Gasteiger partial charge on any atom is -0.857 e. The molecule has 2 aliphatic carbocycles. The first-order valence-corrected chi connectivity index (χ1v) is 24.9. The van der Waals surface area contributed by atoms with Crippen LogP contribution in [0.2, 0.25) is 0 Å². The zero-order chi connectivity index (χ0) is 57.6. The van der Waals surface area contributed by atoms with E-state index < -0.39 is 110 Å². The summed E-state index contributed by atoms with van der Waals surface area (Å²) >= 11 is 0. The van der Waals surface area contributed by atoms with Gasteiger partial charge in [-0.05, 0) is 98.5 Å². The molecule has 0 unspecified atom stereocenters. The fourth-order valence-electron chi connectivity index (χ4n) is 9.04. The van der Waals surface area contributed by atoms with Gasteiger partial charge in [0.2, 0.25) is 0 Å². The van der Waals surface area contributed by atoms with Crippen molar-refractivity contribution in [2.24, 2.45) is 20.5 Å². The van der Waals surface area contributed by atoms with Crippen molar-refractivity contribution in [3.05, 3.63) is 114 Å². The number of esters is 2. The van der Waals surface area contributed by atoms with Gasteiger partial charge in [0.15, 0.2) is 18.7 Å². The van der Waals surface area contributed by atoms with Crippen LogP contribution in [0.4, 0.5) is 9.59 Å². The number of rotatable bonds is 18. The summed E-state index contributed by atoms with van der Waals surface area (Å²) in [7, 11) is 1.75. The van der Waals surface area contributed by atoms with Gasteiger partial charge in [-0.3, -0.25) is 9.59 Å². The van der Waals surface area contributed by atoms with E-state index in [4.69, 9.17) is 64.7 Å². The molecule has 30 nitrogen and oxygen atoms in total. The number of amides is 2. The quantitative estimate of drug-likeness (QED) is 0.0358. The molecule has 4 fully saturated rings. The summed E-state index contributed by atoms with van der Waals surface area (Å²) in [5, 5.41) is 56.2. The van der Waals surface area contributed by atoms with Crippen molar-refractivity contribution < 1.29 is 107 Å². The van der Waals surface area contributed by atoms with Crippen molar-refractivity contribution in [3.8, 4) is 0 Å². The summed E-state index contributed by atoms with van der Waals surface area (Å²) in [6, 6.07) is 14.1. The summed E-state index contributed by atoms with van der Waals surface area (Å²) in [6.07, 6.45) is -7.16. The maximum absolute atomic E-state index is 12.3. The average Bonchev–Trinajstić information content (AvgIpc) is 3.46. The van der Waals surface area contributed by atoms with Crippen molar-refractivity contribution >= 4 is 24.1 Å². The number of azide groups is 4. The van der Waals surface area contributed by atoms with Gasteiger partial charge in [0.25, 0.3) is 0 Å². The van der Waals surface area contributed by atoms with Crippen LogP contribution in [-0.4, -0.2) is 151 Å². The number of hydrogen-bond acceptors (Lipinski definition) is 20. The molecule has 6 rings (SSSR count). The van der Waals surface area contributed by atoms with Gasteiger partial charge in [-0.15, -0.1) is 0 Å². The van der Waals surface area contributed by atoms with E-state index in [0.717, 1.165) is 31.8 Å². The van der Waals surface area contributed by atoms with E-state index in [0.29, 0.717) is 32.1 Å². The molecule has 79 heavy (non-hydrogen) atoms. The molecule has 31 heteroatoms. The molecule has 16 atom stereocenters. The Balaban J connectivity index is 0.000000507. The standard InChI is InChI=1S/C25H33N7O8.C21H29N7O6.CH4O.CH3O.Na/c1-14(28-25(35)36-13-17-8-5-4-6-9-17)20-10-7-11-21(39-20)40-23-19(30-32-27)12-18(29-31-26)22(37-15(2)33)24(23)38-16(3)34;1-12(24-21(31)32-11-13-6-3-2-4-7-13)16-8-5-9-17(33-16)34-20-15(26-28-23)10-14(25-27-22)18(29)19(20)30;2*1-2;/h4-6,8-9,14,18-24H,7,10-13H2,1-3H3,(H,28,35);2-4,6-7,12,14-20,29-30H,5,8-11H2,1H3,(H,24,31);2H,1H3;1H3;/q;;;-1;+1/t14-,18-,19+,20+,21-,22+,23-,24-;12-,14-,15+,16+,17-,18+,19-,20-;;;/m11.../s1. The summed E-state index contributed by atoms with van der Waals surface area (Å²) in [4.78, 5) is 59.5. The largest absolute Gasteiger partial charge is 1.00 e. The van der Waals surface area contributed by atoms with E-state index in [1.165, 1.54) is 13.8 Å². The molecular weight excluding hydrogens is 1050 g/mol. The van der Waals surface area contributed by atoms with Crippen molar-refractivity contribution in [1.29, 1.82) is 0 Å². The Hall–Kier alpha value is -6.16. The second-order valence-corrected chi connectivity index (χ2v) is 18.0. The van der Waals surface area contributed by atoms with Gasteiger partial charge in [-0.25, -0.2) is 9.59 Å². The van der Waals surface area contributed by atoms with E-state index in [1.54, 1.807) is 13.8 Å². The number of hydrogen-bond donors (Lipinski definition) is 5. The van der Waals surface area contributed by atoms with Gasteiger partial charge in [0, 0.05) is 40.6 Å². The minimum absolute atomic E-state index is 0. The normalized spacial score (nSPS) is 28.3. The molecule has 2 heterocycles. The van der Waals surface area contributed by atoms with E-state index in [9.17, 15) is 34.9 Å². The van der Waals surface area contributed by atoms with Gasteiger partial charge >= 0.3 is 53.7 Å². The van der Waals surface area contributed by atoms with Crippen LogP contribution in [0.5, 0.6) is 0 Å². The van der Waals surface area contributed by atoms with Crippen molar-refractivity contribution in [3.63, 3.8) is 0 Å². The predicted molar refractivity (Wildman–Crippen MR) is 271 cm³/mol. The van der Waals surface area contributed by atoms with E-state index >= 15 is 0 Å². The Labute approximate surface area is 477 Å². The SMILES string of the molecule is CC(=O)O[C@@H]1[C@@H](OC(C)=O)[C@H](N=[N+]=[N-])C[C@H](N=[N+]=[N-])[C@H]1O[C@@H]1CCC[C@@H]([C@@H](C)NC(=O)OCc2ccccc2)O1.CO.C[C@@H](NC(=O)OCc1ccccc1)[C@@H]1CCC[C@@H](O[C@H]2[C@H](O)[C@@H](O)[C@H](N=[N+]=[N-])C[C@@H]2N=[N+]=[N-])O1.C[O-].[Na+]. The van der Waals surface area contributed by atoms with Gasteiger partial charge in [-0.2, -0.15) is 7.11 Å². The van der Waals surface area contributed by atoms with Crippen LogP contribution in [0, 0.1) is 0 Å². The first-order valence-electron chi connectivity index (χ1n) is 24.9. The third kappa shape index (κ3) is 22.8. The number of nitrogens with zero attached hydrogens (tertiary/aromatic N) is 12. The Kier molecular flexibility index (Phi) is 32.9. The van der Waals surface area contributed by atoms with Crippen LogP contribution in [0.3, 0.4) is 0 Å². The topological polar surface area (TPSA) is 445 Å². The number of aliphatic hydroxyl groups is 3. The maximum Gasteiger partial charge on any atom is 1.00 e. The molecule has 4 aliphatic rings. The van der Waals surface area contributed by atoms with Gasteiger partial charge in [0.05, 0.1) is 60.7 Å². The molecule has 428 valence electrons. The molecule has 2 aromatic rings. The van der Waals surface area contributed by atoms with Crippen LogP contribution >= 0.6 is 0 Å². The molecule has 0 aromatic heterocycles. The van der Waals surface area contributed by atoms with E-state index in [2.05, 4.69) is 50.7 Å². The zero-order valence-electron chi connectivity index (χ0n) is 45.1. The fraction of sp³-hybridized carbons (Fsp3) is 0.667. The molecule has 2 amide bonds. The van der Waals surface area contributed by atoms with Crippen LogP contribution in [0.1, 0.15) is 90.2 Å². The minimum atomic E-state index is -1.44. The number of aliphatic hydroxyl groups excluding tert-OH is 3. The molecule has 2 aromatic carbocycles. The zero-order valence-corrected chi connectivity index (χ0v) is 47.1. The summed E-state index contributed by atoms with van der Waals surface area (Å²) < 4.78 is 45.6. The van der Waals surface area contributed by atoms with Crippen molar-refractivity contribution in [1.82, 2.24) is 10.6 Å². The number of nitrogens with one attached hydrogen (secondary N) is 2. The van der Waals surface area contributed by atoms with Crippen LogP contribution < -0.4 is 45.3 Å². The summed E-state index contributed by atoms with van der Waals surface area (Å²) in [5.74, 6) is -1.39. The monoisotopic (exact) mass is 1120 g/mol. The Morgan fingerprint density at radius 3 is 1.38 bits per heavy atom. The third-order valence-corrected chi connectivity index (χ3v) is 12.6. The fourth-order valence-corrected chi connectivity index (χ4v) is 9.04. The number of benzene rings is 2. The second kappa shape index (κ2) is 37.7. The first-order chi connectivity index (χ1) is 37.6. The van der Waals surface area contributed by atoms with Gasteiger partial charge in [-0.1, -0.05) is 81.1 Å². The van der Waals surface area contributed by atoms with E-state index in [1.807, 2.05) is 60.7 Å². The maximum atomic E-state index is 12.3. The number of carbonyl (C=O) groups is 4. The second-order valence-electron chi connectivity index (χ2n) is 18.0. The van der Waals surface area contributed by atoms with E-state index in [-0.39, 0.29) is 67.8 Å². The van der Waals surface area contributed by atoms with Gasteiger partial charge in [0.1, 0.15) is 31.5 Å². The Morgan fingerprint density at radius 2 is 0.962 bits per heavy atom. The van der Waals surface area contributed by atoms with Crippen LogP contribution in [0.15, 0.2) is 81.1 Å².